The highest BCUT2D eigenvalue weighted by Crippen LogP contribution is 2.19. The van der Waals surface area contributed by atoms with Gasteiger partial charge in [-0.3, -0.25) is 14.6 Å². The van der Waals surface area contributed by atoms with Gasteiger partial charge in [0.25, 0.3) is 11.8 Å². The summed E-state index contributed by atoms with van der Waals surface area (Å²) < 4.78 is 5.79. The summed E-state index contributed by atoms with van der Waals surface area (Å²) in [5.41, 5.74) is 3.48. The van der Waals surface area contributed by atoms with E-state index in [1.165, 1.54) is 11.3 Å². The van der Waals surface area contributed by atoms with Gasteiger partial charge in [0.15, 0.2) is 0 Å². The molecule has 0 bridgehead atoms. The summed E-state index contributed by atoms with van der Waals surface area (Å²) in [5, 5.41) is 7.78. The molecule has 0 fully saturated rings. The lowest BCUT2D eigenvalue weighted by Crippen LogP contribution is -2.26. The van der Waals surface area contributed by atoms with E-state index in [0.717, 1.165) is 22.4 Å². The van der Waals surface area contributed by atoms with Crippen molar-refractivity contribution in [2.45, 2.75) is 26.1 Å². The number of rotatable bonds is 9. The summed E-state index contributed by atoms with van der Waals surface area (Å²) in [6, 6.07) is 22.2. The second-order valence-electron chi connectivity index (χ2n) is 7.77. The number of ether oxygens (including phenoxy) is 1. The molecule has 2 aromatic heterocycles. The summed E-state index contributed by atoms with van der Waals surface area (Å²) in [4.78, 5) is 29.5. The zero-order valence-electron chi connectivity index (χ0n) is 18.7. The first-order chi connectivity index (χ1) is 16.6. The van der Waals surface area contributed by atoms with E-state index in [0.29, 0.717) is 23.6 Å². The van der Waals surface area contributed by atoms with E-state index in [1.54, 1.807) is 30.6 Å². The second kappa shape index (κ2) is 11.2. The van der Waals surface area contributed by atoms with Gasteiger partial charge in [0, 0.05) is 30.1 Å². The van der Waals surface area contributed by atoms with Gasteiger partial charge in [-0.25, -0.2) is 0 Å². The van der Waals surface area contributed by atoms with Crippen molar-refractivity contribution >= 4 is 23.2 Å². The number of amides is 2. The number of carbonyl (C=O) groups excluding carboxylic acids is 2. The van der Waals surface area contributed by atoms with Crippen LogP contribution in [0.5, 0.6) is 5.75 Å². The molecule has 0 aliphatic heterocycles. The molecule has 2 amide bonds. The number of carbonyl (C=O) groups is 2. The van der Waals surface area contributed by atoms with Crippen LogP contribution >= 0.6 is 11.3 Å². The van der Waals surface area contributed by atoms with Crippen molar-refractivity contribution in [2.75, 3.05) is 0 Å². The number of thiophene rings is 1. The molecule has 0 aliphatic carbocycles. The van der Waals surface area contributed by atoms with E-state index in [1.807, 2.05) is 66.9 Å². The molecule has 2 N–H and O–H groups in total. The van der Waals surface area contributed by atoms with E-state index in [9.17, 15) is 9.59 Å². The fraction of sp³-hybridized carbons (Fsp3) is 0.148. The number of hydrogen-bond donors (Lipinski definition) is 2. The molecule has 7 heteroatoms. The van der Waals surface area contributed by atoms with Gasteiger partial charge in [-0.2, -0.15) is 0 Å². The Morgan fingerprint density at radius 1 is 0.941 bits per heavy atom. The van der Waals surface area contributed by atoms with Crippen LogP contribution in [-0.4, -0.2) is 16.8 Å². The third-order valence-electron chi connectivity index (χ3n) is 5.27. The van der Waals surface area contributed by atoms with Gasteiger partial charge >= 0.3 is 0 Å². The molecule has 0 saturated carbocycles. The van der Waals surface area contributed by atoms with Gasteiger partial charge in [0.1, 0.15) is 12.4 Å². The minimum absolute atomic E-state index is 0.0980. The van der Waals surface area contributed by atoms with Gasteiger partial charge in [-0.05, 0) is 59.8 Å². The van der Waals surface area contributed by atoms with Crippen molar-refractivity contribution in [1.82, 2.24) is 15.6 Å². The maximum absolute atomic E-state index is 12.7. The van der Waals surface area contributed by atoms with E-state index >= 15 is 0 Å². The maximum Gasteiger partial charge on any atom is 0.261 e. The molecule has 1 unspecified atom stereocenters. The van der Waals surface area contributed by atoms with Gasteiger partial charge in [0.05, 0.1) is 10.9 Å². The van der Waals surface area contributed by atoms with Crippen LogP contribution in [0.4, 0.5) is 0 Å². The molecular weight excluding hydrogens is 446 g/mol. The molecular formula is C27H25N3O3S. The van der Waals surface area contributed by atoms with Crippen molar-refractivity contribution in [3.05, 3.63) is 118 Å². The number of nitrogens with one attached hydrogen (secondary N) is 2. The van der Waals surface area contributed by atoms with Crippen LogP contribution < -0.4 is 15.4 Å². The summed E-state index contributed by atoms with van der Waals surface area (Å²) in [7, 11) is 0. The predicted octanol–water partition coefficient (Wildman–Crippen LogP) is 5.14. The molecule has 0 saturated heterocycles. The van der Waals surface area contributed by atoms with Crippen LogP contribution in [0.3, 0.4) is 0 Å². The topological polar surface area (TPSA) is 80.3 Å². The molecule has 6 nitrogen and oxygen atoms in total. The van der Waals surface area contributed by atoms with Crippen molar-refractivity contribution in [2.24, 2.45) is 0 Å². The van der Waals surface area contributed by atoms with E-state index < -0.39 is 0 Å². The molecule has 34 heavy (non-hydrogen) atoms. The summed E-state index contributed by atoms with van der Waals surface area (Å²) in [5.74, 6) is 0.505. The Balaban J connectivity index is 1.26. The fourth-order valence-corrected chi connectivity index (χ4v) is 3.96. The molecule has 0 spiro atoms. The molecule has 4 rings (SSSR count). The maximum atomic E-state index is 12.7. The smallest absolute Gasteiger partial charge is 0.261 e. The van der Waals surface area contributed by atoms with Gasteiger partial charge in [-0.15, -0.1) is 11.3 Å². The Labute approximate surface area is 202 Å². The Kier molecular flexibility index (Phi) is 7.67. The normalized spacial score (nSPS) is 11.4. The molecule has 0 aliphatic rings. The number of pyridine rings is 1. The zero-order chi connectivity index (χ0) is 23.8. The number of benzene rings is 2. The minimum Gasteiger partial charge on any atom is -0.489 e. The first-order valence-electron chi connectivity index (χ1n) is 10.9. The van der Waals surface area contributed by atoms with Crippen molar-refractivity contribution < 1.29 is 14.3 Å². The summed E-state index contributed by atoms with van der Waals surface area (Å²) in [6.45, 7) is 2.80. The SMILES string of the molecule is CC(NC(=O)c1ccc(CNC(=O)c2cccs2)cc1)c1ccc(OCc2cccnc2)cc1. The molecule has 2 heterocycles. The lowest BCUT2D eigenvalue weighted by Gasteiger charge is -2.15. The highest BCUT2D eigenvalue weighted by atomic mass is 32.1. The predicted molar refractivity (Wildman–Crippen MR) is 133 cm³/mol. The highest BCUT2D eigenvalue weighted by molar-refractivity contribution is 7.12. The Hall–Kier alpha value is -3.97. The first kappa shape index (κ1) is 23.2. The lowest BCUT2D eigenvalue weighted by atomic mass is 10.1. The number of aromatic nitrogens is 1. The van der Waals surface area contributed by atoms with E-state index in [2.05, 4.69) is 15.6 Å². The minimum atomic E-state index is -0.162. The standard InChI is InChI=1S/C27H25N3O3S/c1-19(22-10-12-24(13-11-22)33-18-21-4-2-14-28-16-21)30-26(31)23-8-6-20(7-9-23)17-29-27(32)25-5-3-15-34-25/h2-16,19H,17-18H2,1H3,(H,29,32)(H,30,31). The highest BCUT2D eigenvalue weighted by Gasteiger charge is 2.12. The third-order valence-corrected chi connectivity index (χ3v) is 6.14. The molecule has 2 aromatic carbocycles. The third kappa shape index (κ3) is 6.30. The Morgan fingerprint density at radius 2 is 1.74 bits per heavy atom. The molecule has 1 atom stereocenters. The summed E-state index contributed by atoms with van der Waals surface area (Å²) in [6.07, 6.45) is 3.51. The lowest BCUT2D eigenvalue weighted by molar-refractivity contribution is 0.0935. The molecule has 4 aromatic rings. The quantitative estimate of drug-likeness (QED) is 0.354. The Morgan fingerprint density at radius 3 is 2.41 bits per heavy atom. The number of hydrogen-bond acceptors (Lipinski definition) is 5. The van der Waals surface area contributed by atoms with Crippen molar-refractivity contribution in [3.63, 3.8) is 0 Å². The average Bonchev–Trinajstić information content (AvgIpc) is 3.42. The van der Waals surface area contributed by atoms with Crippen LogP contribution in [-0.2, 0) is 13.2 Å². The van der Waals surface area contributed by atoms with Crippen LogP contribution in [0.25, 0.3) is 0 Å². The molecule has 172 valence electrons. The van der Waals surface area contributed by atoms with Crippen LogP contribution in [0, 0.1) is 0 Å². The Bertz CT molecular complexity index is 1210. The van der Waals surface area contributed by atoms with Gasteiger partial charge < -0.3 is 15.4 Å². The zero-order valence-corrected chi connectivity index (χ0v) is 19.5. The monoisotopic (exact) mass is 471 g/mol. The summed E-state index contributed by atoms with van der Waals surface area (Å²) >= 11 is 1.40. The van der Waals surface area contributed by atoms with Crippen LogP contribution in [0.15, 0.2) is 90.6 Å². The number of nitrogens with zero attached hydrogens (tertiary/aromatic N) is 1. The first-order valence-corrected chi connectivity index (χ1v) is 11.8. The van der Waals surface area contributed by atoms with Crippen LogP contribution in [0.1, 0.15) is 49.7 Å². The van der Waals surface area contributed by atoms with E-state index in [-0.39, 0.29) is 17.9 Å². The average molecular weight is 472 g/mol. The van der Waals surface area contributed by atoms with Gasteiger partial charge in [0.2, 0.25) is 0 Å². The van der Waals surface area contributed by atoms with Gasteiger partial charge in [-0.1, -0.05) is 36.4 Å². The largest absolute Gasteiger partial charge is 0.489 e. The fourth-order valence-electron chi connectivity index (χ4n) is 3.32. The van der Waals surface area contributed by atoms with Crippen molar-refractivity contribution in [1.29, 1.82) is 0 Å². The van der Waals surface area contributed by atoms with E-state index in [4.69, 9.17) is 4.74 Å². The second-order valence-corrected chi connectivity index (χ2v) is 8.72. The molecule has 0 radical (unpaired) electrons. The van der Waals surface area contributed by atoms with Crippen LogP contribution in [0.2, 0.25) is 0 Å². The van der Waals surface area contributed by atoms with Crippen molar-refractivity contribution in [3.8, 4) is 5.75 Å².